The number of hydrogen-bond donors (Lipinski definition) is 0. The van der Waals surface area contributed by atoms with Crippen molar-refractivity contribution in [2.24, 2.45) is 0 Å². The molecule has 0 radical (unpaired) electrons. The summed E-state index contributed by atoms with van der Waals surface area (Å²) in [4.78, 5) is 15.3. The van der Waals surface area contributed by atoms with Crippen LogP contribution in [0.3, 0.4) is 0 Å². The molecule has 1 aromatic heterocycles. The zero-order valence-corrected chi connectivity index (χ0v) is 36.7. The SMILES string of the molecule is N#Cc1cccc(-c2cccc(-c3cccc4c3ccc3ccccc34)c2)c1-c1ccc(-c2ccc(-c3nc(-c4ccccc4)nc(-c4ccc5c6c(cccc46)-c4ccccc4-5)n3)cc2)cc1. The van der Waals surface area contributed by atoms with Gasteiger partial charge < -0.3 is 0 Å². The molecule has 68 heavy (non-hydrogen) atoms. The molecule has 314 valence electrons. The Kier molecular flexibility index (Phi) is 9.20. The zero-order chi connectivity index (χ0) is 45.1. The van der Waals surface area contributed by atoms with Gasteiger partial charge in [0.1, 0.15) is 0 Å². The van der Waals surface area contributed by atoms with Gasteiger partial charge in [0.25, 0.3) is 0 Å². The first kappa shape index (κ1) is 39.1. The molecule has 0 saturated heterocycles. The smallest absolute Gasteiger partial charge is 0.164 e. The summed E-state index contributed by atoms with van der Waals surface area (Å²) in [7, 11) is 0. The number of aromatic nitrogens is 3. The van der Waals surface area contributed by atoms with Crippen LogP contribution in [0.15, 0.2) is 231 Å². The molecule has 12 aromatic rings. The second kappa shape index (κ2) is 16.0. The van der Waals surface area contributed by atoms with E-state index in [2.05, 4.69) is 194 Å². The molecule has 13 rings (SSSR count). The highest BCUT2D eigenvalue weighted by atomic mass is 15.0. The van der Waals surface area contributed by atoms with Gasteiger partial charge in [0.05, 0.1) is 11.6 Å². The van der Waals surface area contributed by atoms with Crippen molar-refractivity contribution in [2.45, 2.75) is 0 Å². The minimum Gasteiger partial charge on any atom is -0.208 e. The van der Waals surface area contributed by atoms with Crippen LogP contribution in [-0.4, -0.2) is 15.0 Å². The lowest BCUT2D eigenvalue weighted by molar-refractivity contribution is 1.08. The van der Waals surface area contributed by atoms with Crippen molar-refractivity contribution in [1.29, 1.82) is 5.26 Å². The summed E-state index contributed by atoms with van der Waals surface area (Å²) in [6, 6.07) is 83.4. The van der Waals surface area contributed by atoms with Gasteiger partial charge in [0.2, 0.25) is 0 Å². The van der Waals surface area contributed by atoms with Gasteiger partial charge in [-0.2, -0.15) is 5.26 Å². The van der Waals surface area contributed by atoms with Crippen molar-refractivity contribution < 1.29 is 0 Å². The van der Waals surface area contributed by atoms with Gasteiger partial charge in [0, 0.05) is 22.3 Å². The predicted octanol–water partition coefficient (Wildman–Crippen LogP) is 16.5. The van der Waals surface area contributed by atoms with Gasteiger partial charge in [-0.25, -0.2) is 15.0 Å². The maximum absolute atomic E-state index is 10.4. The van der Waals surface area contributed by atoms with E-state index in [4.69, 9.17) is 15.0 Å². The first-order valence-corrected chi connectivity index (χ1v) is 22.9. The lowest BCUT2D eigenvalue weighted by Crippen LogP contribution is -2.00. The van der Waals surface area contributed by atoms with Crippen LogP contribution in [0.5, 0.6) is 0 Å². The summed E-state index contributed by atoms with van der Waals surface area (Å²) in [5, 5.41) is 17.7. The molecule has 0 saturated carbocycles. The van der Waals surface area contributed by atoms with Crippen LogP contribution in [0, 0.1) is 11.3 Å². The minimum absolute atomic E-state index is 0.612. The van der Waals surface area contributed by atoms with Crippen molar-refractivity contribution in [2.75, 3.05) is 0 Å². The Bertz CT molecular complexity index is 3990. The summed E-state index contributed by atoms with van der Waals surface area (Å²) in [5.41, 5.74) is 16.8. The molecule has 0 spiro atoms. The van der Waals surface area contributed by atoms with E-state index in [-0.39, 0.29) is 0 Å². The number of rotatable bonds is 7. The molecule has 1 aliphatic rings. The third-order valence-corrected chi connectivity index (χ3v) is 13.6. The van der Waals surface area contributed by atoms with Crippen molar-refractivity contribution in [3.05, 3.63) is 236 Å². The molecule has 0 aliphatic heterocycles. The van der Waals surface area contributed by atoms with Crippen LogP contribution in [-0.2, 0) is 0 Å². The normalized spacial score (nSPS) is 11.5. The molecule has 0 bridgehead atoms. The van der Waals surface area contributed by atoms with Crippen LogP contribution in [0.25, 0.3) is 133 Å². The van der Waals surface area contributed by atoms with Gasteiger partial charge in [-0.3, -0.25) is 0 Å². The Morgan fingerprint density at radius 2 is 0.779 bits per heavy atom. The maximum atomic E-state index is 10.4. The number of nitrogens with zero attached hydrogens (tertiary/aromatic N) is 4. The Labute approximate surface area is 393 Å². The standard InChI is InChI=1S/C64H38N4/c65-39-48-17-9-22-51(47-16-8-15-46(38-47)50-21-10-23-52-49-18-5-4-12-42(49)34-35-55(50)52)60(48)43-30-26-40(27-31-43)41-28-32-45(33-29-41)63-66-62(44-13-2-1-3-14-44)67-64(68-63)59-37-36-58-54-20-7-6-19-53(54)56-24-11-25-57(59)61(56)58/h1-38H. The van der Waals surface area contributed by atoms with E-state index in [1.807, 2.05) is 42.5 Å². The fraction of sp³-hybridized carbons (Fsp3) is 0. The quantitative estimate of drug-likeness (QED) is 0.150. The van der Waals surface area contributed by atoms with Crippen molar-refractivity contribution in [3.63, 3.8) is 0 Å². The van der Waals surface area contributed by atoms with Crippen LogP contribution < -0.4 is 0 Å². The van der Waals surface area contributed by atoms with Gasteiger partial charge >= 0.3 is 0 Å². The first-order valence-electron chi connectivity index (χ1n) is 22.9. The molecule has 4 heteroatoms. The monoisotopic (exact) mass is 862 g/mol. The number of nitriles is 1. The van der Waals surface area contributed by atoms with Crippen molar-refractivity contribution in [1.82, 2.24) is 15.0 Å². The molecule has 1 heterocycles. The fourth-order valence-electron chi connectivity index (χ4n) is 10.3. The third-order valence-electron chi connectivity index (χ3n) is 13.6. The largest absolute Gasteiger partial charge is 0.208 e. The number of benzene rings is 11. The van der Waals surface area contributed by atoms with E-state index in [0.717, 1.165) is 61.0 Å². The van der Waals surface area contributed by atoms with Crippen LogP contribution in [0.1, 0.15) is 5.56 Å². The topological polar surface area (TPSA) is 62.5 Å². The maximum Gasteiger partial charge on any atom is 0.164 e. The van der Waals surface area contributed by atoms with E-state index in [0.29, 0.717) is 23.0 Å². The predicted molar refractivity (Wildman–Crippen MR) is 280 cm³/mol. The molecular weight excluding hydrogens is 825 g/mol. The molecule has 0 fully saturated rings. The van der Waals surface area contributed by atoms with Gasteiger partial charge in [-0.1, -0.05) is 212 Å². The summed E-state index contributed by atoms with van der Waals surface area (Å²) in [6.07, 6.45) is 0. The molecular formula is C64H38N4. The highest BCUT2D eigenvalue weighted by Crippen LogP contribution is 2.49. The third kappa shape index (κ3) is 6.48. The van der Waals surface area contributed by atoms with Gasteiger partial charge in [-0.15, -0.1) is 0 Å². The Hall–Kier alpha value is -9.30. The summed E-state index contributed by atoms with van der Waals surface area (Å²) in [6.45, 7) is 0. The molecule has 0 atom stereocenters. The molecule has 1 aliphatic carbocycles. The van der Waals surface area contributed by atoms with Crippen LogP contribution in [0.4, 0.5) is 0 Å². The van der Waals surface area contributed by atoms with Crippen molar-refractivity contribution >= 4 is 32.3 Å². The average molecular weight is 863 g/mol. The lowest BCUT2D eigenvalue weighted by Gasteiger charge is -2.15. The van der Waals surface area contributed by atoms with Crippen LogP contribution in [0.2, 0.25) is 0 Å². The Morgan fingerprint density at radius 1 is 0.279 bits per heavy atom. The Morgan fingerprint density at radius 3 is 1.53 bits per heavy atom. The lowest BCUT2D eigenvalue weighted by atomic mass is 9.88. The fourth-order valence-corrected chi connectivity index (χ4v) is 10.3. The first-order chi connectivity index (χ1) is 33.7. The number of fused-ring (bicyclic) bond motifs is 6. The van der Waals surface area contributed by atoms with Crippen LogP contribution >= 0.6 is 0 Å². The molecule has 11 aromatic carbocycles. The summed E-state index contributed by atoms with van der Waals surface area (Å²) < 4.78 is 0. The van der Waals surface area contributed by atoms with E-state index in [1.165, 1.54) is 54.7 Å². The molecule has 0 unspecified atom stereocenters. The minimum atomic E-state index is 0.612. The molecule has 0 amide bonds. The second-order valence-electron chi connectivity index (χ2n) is 17.4. The van der Waals surface area contributed by atoms with E-state index < -0.39 is 0 Å². The summed E-state index contributed by atoms with van der Waals surface area (Å²) in [5.74, 6) is 1.88. The Balaban J connectivity index is 0.840. The average Bonchev–Trinajstić information content (AvgIpc) is 3.75. The van der Waals surface area contributed by atoms with E-state index in [1.54, 1.807) is 0 Å². The highest BCUT2D eigenvalue weighted by molar-refractivity contribution is 6.18. The number of hydrogen-bond acceptors (Lipinski definition) is 4. The molecule has 4 nitrogen and oxygen atoms in total. The van der Waals surface area contributed by atoms with Gasteiger partial charge in [-0.05, 0) is 112 Å². The molecule has 0 N–H and O–H groups in total. The zero-order valence-electron chi connectivity index (χ0n) is 36.7. The van der Waals surface area contributed by atoms with E-state index in [9.17, 15) is 5.26 Å². The van der Waals surface area contributed by atoms with Crippen molar-refractivity contribution in [3.8, 4) is 107 Å². The second-order valence-corrected chi connectivity index (χ2v) is 17.4. The highest BCUT2D eigenvalue weighted by Gasteiger charge is 2.24. The summed E-state index contributed by atoms with van der Waals surface area (Å²) >= 11 is 0. The van der Waals surface area contributed by atoms with E-state index >= 15 is 0 Å². The van der Waals surface area contributed by atoms with Gasteiger partial charge in [0.15, 0.2) is 17.5 Å².